The molecule has 1 saturated heterocycles. The number of amides is 3. The molecule has 0 radical (unpaired) electrons. The molecule has 0 unspecified atom stereocenters. The van der Waals surface area contributed by atoms with Crippen molar-refractivity contribution in [1.29, 1.82) is 5.41 Å². The van der Waals surface area contributed by atoms with Crippen molar-refractivity contribution in [2.45, 2.75) is 26.5 Å². The highest BCUT2D eigenvalue weighted by molar-refractivity contribution is 6.30. The predicted molar refractivity (Wildman–Crippen MR) is 130 cm³/mol. The summed E-state index contributed by atoms with van der Waals surface area (Å²) in [6.45, 7) is 3.57. The van der Waals surface area contributed by atoms with Gasteiger partial charge in [0.1, 0.15) is 11.9 Å². The van der Waals surface area contributed by atoms with E-state index in [0.29, 0.717) is 16.8 Å². The van der Waals surface area contributed by atoms with Crippen LogP contribution in [0.15, 0.2) is 47.6 Å². The molecule has 1 heterocycles. The number of hydrogen-bond donors (Lipinski definition) is 3. The fourth-order valence-corrected chi connectivity index (χ4v) is 3.61. The van der Waals surface area contributed by atoms with E-state index in [2.05, 4.69) is 10.4 Å². The Balaban J connectivity index is 1.71. The van der Waals surface area contributed by atoms with E-state index in [1.165, 1.54) is 29.7 Å². The van der Waals surface area contributed by atoms with Crippen LogP contribution in [0.3, 0.4) is 0 Å². The van der Waals surface area contributed by atoms with E-state index in [1.54, 1.807) is 36.4 Å². The minimum Gasteiger partial charge on any atom is -0.442 e. The molecule has 0 spiro atoms. The molecule has 0 aliphatic carbocycles. The Hall–Kier alpha value is -4.28. The van der Waals surface area contributed by atoms with Crippen LogP contribution in [-0.2, 0) is 20.9 Å². The zero-order valence-corrected chi connectivity index (χ0v) is 19.5. The molecule has 4 N–H and O–H groups in total. The lowest BCUT2D eigenvalue weighted by Gasteiger charge is -2.21. The van der Waals surface area contributed by atoms with E-state index < -0.39 is 18.0 Å². The normalized spacial score (nSPS) is 15.5. The zero-order chi connectivity index (χ0) is 25.5. The summed E-state index contributed by atoms with van der Waals surface area (Å²) in [5, 5.41) is 13.4. The number of rotatable bonds is 9. The van der Waals surface area contributed by atoms with Crippen LogP contribution in [0.5, 0.6) is 0 Å². The Labute approximate surface area is 202 Å². The third-order valence-electron chi connectivity index (χ3n) is 5.49. The fourth-order valence-electron chi connectivity index (χ4n) is 3.61. The number of carbonyl (C=O) groups excluding carboxylic acids is 3. The number of ether oxygens (including phenoxy) is 1. The van der Waals surface area contributed by atoms with E-state index in [1.807, 2.05) is 0 Å². The molecule has 184 valence electrons. The van der Waals surface area contributed by atoms with Gasteiger partial charge in [-0.3, -0.25) is 14.5 Å². The standard InChI is InChI=1S/C24H27FN6O4/c1-15(32)28-11-21-14-31(24(34)35-21)20-7-8-22(23(25)9-20)18-5-3-17(4-6-18)12-30(16(2)33)13-19(10-26)29-27/h3-10,21,26H,11-14,27H2,1-2H3,(H,28,32)/t21-/m0/s1. The Kier molecular flexibility index (Phi) is 8.13. The van der Waals surface area contributed by atoms with Gasteiger partial charge >= 0.3 is 6.09 Å². The molecule has 1 fully saturated rings. The maximum atomic E-state index is 15.0. The SMILES string of the molecule is CC(=O)NC[C@H]1CN(c2ccc(-c3ccc(CN(CC(C=N)=NN)C(C)=O)cc3)c(F)c2)C(=O)O1. The third kappa shape index (κ3) is 6.40. The number of nitrogens with one attached hydrogen (secondary N) is 2. The average molecular weight is 483 g/mol. The lowest BCUT2D eigenvalue weighted by molar-refractivity contribution is -0.128. The number of nitrogens with zero attached hydrogens (tertiary/aromatic N) is 3. The first-order valence-corrected chi connectivity index (χ1v) is 10.9. The van der Waals surface area contributed by atoms with Crippen molar-refractivity contribution in [2.75, 3.05) is 24.5 Å². The maximum Gasteiger partial charge on any atom is 0.414 e. The van der Waals surface area contributed by atoms with Crippen molar-refractivity contribution >= 4 is 35.5 Å². The van der Waals surface area contributed by atoms with E-state index in [0.717, 1.165) is 11.8 Å². The van der Waals surface area contributed by atoms with Crippen molar-refractivity contribution in [3.8, 4) is 11.1 Å². The van der Waals surface area contributed by atoms with E-state index >= 15 is 0 Å². The number of cyclic esters (lactones) is 1. The summed E-state index contributed by atoms with van der Waals surface area (Å²) in [4.78, 5) is 38.0. The molecule has 0 bridgehead atoms. The number of nitrogens with two attached hydrogens (primary N) is 1. The van der Waals surface area contributed by atoms with Crippen LogP contribution in [0.2, 0.25) is 0 Å². The van der Waals surface area contributed by atoms with Gasteiger partial charge in [0.05, 0.1) is 31.0 Å². The van der Waals surface area contributed by atoms with Crippen LogP contribution in [0.1, 0.15) is 19.4 Å². The van der Waals surface area contributed by atoms with E-state index in [9.17, 15) is 18.8 Å². The molecule has 0 aromatic heterocycles. The summed E-state index contributed by atoms with van der Waals surface area (Å²) < 4.78 is 20.2. The highest BCUT2D eigenvalue weighted by Crippen LogP contribution is 2.29. The van der Waals surface area contributed by atoms with Crippen molar-refractivity contribution in [1.82, 2.24) is 10.2 Å². The molecule has 3 amide bonds. The van der Waals surface area contributed by atoms with Gasteiger partial charge in [-0.15, -0.1) is 0 Å². The van der Waals surface area contributed by atoms with Gasteiger partial charge < -0.3 is 26.2 Å². The first-order chi connectivity index (χ1) is 16.7. The predicted octanol–water partition coefficient (Wildman–Crippen LogP) is 2.27. The van der Waals surface area contributed by atoms with Gasteiger partial charge in [-0.25, -0.2) is 9.18 Å². The van der Waals surface area contributed by atoms with Crippen LogP contribution < -0.4 is 16.1 Å². The second-order valence-corrected chi connectivity index (χ2v) is 8.05. The van der Waals surface area contributed by atoms with Crippen molar-refractivity contribution in [3.63, 3.8) is 0 Å². The lowest BCUT2D eigenvalue weighted by Crippen LogP contribution is -2.34. The zero-order valence-electron chi connectivity index (χ0n) is 19.5. The van der Waals surface area contributed by atoms with Crippen LogP contribution in [0.4, 0.5) is 14.9 Å². The van der Waals surface area contributed by atoms with Crippen LogP contribution in [-0.4, -0.2) is 60.5 Å². The fraction of sp³-hybridized carbons (Fsp3) is 0.292. The number of carbonyl (C=O) groups is 3. The quantitative estimate of drug-likeness (QED) is 0.286. The van der Waals surface area contributed by atoms with E-state index in [4.69, 9.17) is 16.0 Å². The topological polar surface area (TPSA) is 141 Å². The van der Waals surface area contributed by atoms with Crippen molar-refractivity contribution in [3.05, 3.63) is 53.8 Å². The van der Waals surface area contributed by atoms with Crippen molar-refractivity contribution in [2.24, 2.45) is 10.9 Å². The monoisotopic (exact) mass is 482 g/mol. The maximum absolute atomic E-state index is 15.0. The summed E-state index contributed by atoms with van der Waals surface area (Å²) in [6, 6.07) is 11.6. The second kappa shape index (κ2) is 11.2. The minimum absolute atomic E-state index is 0.109. The molecule has 1 atom stereocenters. The summed E-state index contributed by atoms with van der Waals surface area (Å²) in [5.74, 6) is 4.30. The van der Waals surface area contributed by atoms with E-state index in [-0.39, 0.29) is 43.7 Å². The van der Waals surface area contributed by atoms with Gasteiger partial charge in [0.15, 0.2) is 0 Å². The molecule has 1 aliphatic heterocycles. The Morgan fingerprint density at radius 2 is 2.00 bits per heavy atom. The highest BCUT2D eigenvalue weighted by Gasteiger charge is 2.32. The van der Waals surface area contributed by atoms with Crippen LogP contribution in [0.25, 0.3) is 11.1 Å². The molecule has 2 aromatic carbocycles. The summed E-state index contributed by atoms with van der Waals surface area (Å²) in [5.41, 5.74) is 2.42. The van der Waals surface area contributed by atoms with Gasteiger partial charge in [0.2, 0.25) is 11.8 Å². The Morgan fingerprint density at radius 3 is 2.57 bits per heavy atom. The molecule has 0 saturated carbocycles. The molecule has 10 nitrogen and oxygen atoms in total. The molecule has 35 heavy (non-hydrogen) atoms. The molecule has 1 aliphatic rings. The third-order valence-corrected chi connectivity index (χ3v) is 5.49. The summed E-state index contributed by atoms with van der Waals surface area (Å²) in [6.07, 6.45) is -0.114. The number of halogens is 1. The first kappa shape index (κ1) is 25.3. The second-order valence-electron chi connectivity index (χ2n) is 8.05. The van der Waals surface area contributed by atoms with Gasteiger partial charge in [-0.2, -0.15) is 5.10 Å². The molecule has 2 aromatic rings. The summed E-state index contributed by atoms with van der Waals surface area (Å²) in [7, 11) is 0. The largest absolute Gasteiger partial charge is 0.442 e. The van der Waals surface area contributed by atoms with Gasteiger partial charge in [-0.05, 0) is 29.3 Å². The molecular formula is C24H27FN6O4. The van der Waals surface area contributed by atoms with Crippen LogP contribution >= 0.6 is 0 Å². The highest BCUT2D eigenvalue weighted by atomic mass is 19.1. The average Bonchev–Trinajstić information content (AvgIpc) is 3.21. The number of anilines is 1. The molecule has 11 heteroatoms. The lowest BCUT2D eigenvalue weighted by atomic mass is 10.0. The minimum atomic E-state index is -0.599. The number of hydrazone groups is 1. The number of hydrogen-bond acceptors (Lipinski definition) is 7. The van der Waals surface area contributed by atoms with Gasteiger partial charge in [0, 0.05) is 32.2 Å². The van der Waals surface area contributed by atoms with Crippen LogP contribution in [0, 0.1) is 11.2 Å². The molecule has 3 rings (SSSR count). The van der Waals surface area contributed by atoms with Gasteiger partial charge in [0.25, 0.3) is 0 Å². The smallest absolute Gasteiger partial charge is 0.414 e. The van der Waals surface area contributed by atoms with Crippen molar-refractivity contribution < 1.29 is 23.5 Å². The summed E-state index contributed by atoms with van der Waals surface area (Å²) >= 11 is 0. The molecular weight excluding hydrogens is 455 g/mol. The number of benzene rings is 2. The van der Waals surface area contributed by atoms with Gasteiger partial charge in [-0.1, -0.05) is 24.3 Å². The first-order valence-electron chi connectivity index (χ1n) is 10.9. The Bertz CT molecular complexity index is 1150. The Morgan fingerprint density at radius 1 is 1.29 bits per heavy atom.